The molecule has 0 aromatic carbocycles. The second-order valence-electron chi connectivity index (χ2n) is 4.71. The van der Waals surface area contributed by atoms with Crippen molar-refractivity contribution in [1.29, 1.82) is 0 Å². The normalized spacial score (nSPS) is 15.5. The van der Waals surface area contributed by atoms with E-state index in [1.165, 1.54) is 6.92 Å². The first kappa shape index (κ1) is 14.4. The summed E-state index contributed by atoms with van der Waals surface area (Å²) in [4.78, 5) is 38.1. The highest BCUT2D eigenvalue weighted by atomic mass is 32.1. The van der Waals surface area contributed by atoms with Crippen LogP contribution in [0.4, 0.5) is 5.13 Å². The van der Waals surface area contributed by atoms with E-state index in [0.29, 0.717) is 0 Å². The number of thiazole rings is 1. The molecule has 1 aromatic rings. The smallest absolute Gasteiger partial charge is 0.356 e. The zero-order valence-corrected chi connectivity index (χ0v) is 11.9. The Kier molecular flexibility index (Phi) is 4.03. The molecule has 0 radical (unpaired) electrons. The van der Waals surface area contributed by atoms with Gasteiger partial charge in [-0.2, -0.15) is 0 Å². The first-order valence-electron chi connectivity index (χ1n) is 6.20. The van der Waals surface area contributed by atoms with Crippen LogP contribution in [0, 0.1) is 0 Å². The van der Waals surface area contributed by atoms with Crippen LogP contribution in [0.15, 0.2) is 0 Å². The molecule has 1 amide bonds. The Morgan fingerprint density at radius 2 is 2.05 bits per heavy atom. The Labute approximate surface area is 119 Å². The van der Waals surface area contributed by atoms with Crippen molar-refractivity contribution in [3.8, 4) is 0 Å². The number of amides is 1. The van der Waals surface area contributed by atoms with Crippen LogP contribution in [0.25, 0.3) is 0 Å². The van der Waals surface area contributed by atoms with E-state index in [1.807, 2.05) is 0 Å². The standard InChI is InChI=1S/C12H15N3O4S/c1-5(10(17)14-7-3-4-7)13-12-15-8(11(18)19)9(20-12)6(2)16/h5,7H,3-4H2,1-2H3,(H,13,15)(H,14,17)(H,18,19). The summed E-state index contributed by atoms with van der Waals surface area (Å²) in [5, 5.41) is 14.9. The molecule has 1 unspecified atom stereocenters. The molecule has 1 saturated carbocycles. The number of aromatic nitrogens is 1. The van der Waals surface area contributed by atoms with Crippen LogP contribution in [0.2, 0.25) is 0 Å². The van der Waals surface area contributed by atoms with Gasteiger partial charge in [0.05, 0.1) is 0 Å². The van der Waals surface area contributed by atoms with Gasteiger partial charge in [0.15, 0.2) is 16.6 Å². The zero-order chi connectivity index (χ0) is 14.9. The number of carbonyl (C=O) groups excluding carboxylic acids is 2. The number of carboxylic acid groups (broad SMARTS) is 1. The number of carbonyl (C=O) groups is 3. The summed E-state index contributed by atoms with van der Waals surface area (Å²) in [7, 11) is 0. The molecule has 8 heteroatoms. The van der Waals surface area contributed by atoms with Crippen LogP contribution in [0.3, 0.4) is 0 Å². The molecule has 1 aliphatic carbocycles. The van der Waals surface area contributed by atoms with E-state index in [4.69, 9.17) is 5.11 Å². The Morgan fingerprint density at radius 1 is 1.40 bits per heavy atom. The topological polar surface area (TPSA) is 108 Å². The molecule has 1 fully saturated rings. The van der Waals surface area contributed by atoms with E-state index < -0.39 is 12.0 Å². The van der Waals surface area contributed by atoms with Crippen LogP contribution in [0.1, 0.15) is 46.8 Å². The van der Waals surface area contributed by atoms with Gasteiger partial charge >= 0.3 is 5.97 Å². The van der Waals surface area contributed by atoms with Crippen LogP contribution in [0.5, 0.6) is 0 Å². The lowest BCUT2D eigenvalue weighted by Crippen LogP contribution is -2.38. The van der Waals surface area contributed by atoms with Crippen molar-refractivity contribution in [1.82, 2.24) is 10.3 Å². The molecule has 3 N–H and O–H groups in total. The predicted molar refractivity (Wildman–Crippen MR) is 73.3 cm³/mol. The van der Waals surface area contributed by atoms with Crippen molar-refractivity contribution in [2.24, 2.45) is 0 Å². The predicted octanol–water partition coefficient (Wildman–Crippen LogP) is 1.12. The summed E-state index contributed by atoms with van der Waals surface area (Å²) >= 11 is 0.944. The number of Topliss-reactive ketones (excluding diaryl/α,β-unsaturated/α-hetero) is 1. The van der Waals surface area contributed by atoms with Crippen molar-refractivity contribution in [2.45, 2.75) is 38.8 Å². The molecule has 1 heterocycles. The van der Waals surface area contributed by atoms with Crippen molar-refractivity contribution >= 4 is 34.1 Å². The number of nitrogens with one attached hydrogen (secondary N) is 2. The number of carboxylic acids is 1. The first-order chi connectivity index (χ1) is 9.38. The van der Waals surface area contributed by atoms with E-state index in [1.54, 1.807) is 6.92 Å². The number of ketones is 1. The minimum atomic E-state index is -1.26. The molecule has 0 spiro atoms. The van der Waals surface area contributed by atoms with Gasteiger partial charge in [-0.25, -0.2) is 9.78 Å². The Hall–Kier alpha value is -1.96. The quantitative estimate of drug-likeness (QED) is 0.679. The van der Waals surface area contributed by atoms with Crippen molar-refractivity contribution in [3.05, 3.63) is 10.6 Å². The molecule has 1 aromatic heterocycles. The summed E-state index contributed by atoms with van der Waals surface area (Å²) in [5.74, 6) is -1.78. The van der Waals surface area contributed by atoms with Crippen LogP contribution < -0.4 is 10.6 Å². The molecule has 7 nitrogen and oxygen atoms in total. The van der Waals surface area contributed by atoms with E-state index in [2.05, 4.69) is 15.6 Å². The second kappa shape index (κ2) is 5.58. The maximum atomic E-state index is 11.8. The Bertz CT molecular complexity index is 534. The van der Waals surface area contributed by atoms with Gasteiger partial charge in [-0.15, -0.1) is 0 Å². The van der Waals surface area contributed by atoms with Crippen LogP contribution in [-0.2, 0) is 4.79 Å². The van der Waals surface area contributed by atoms with E-state index in [0.717, 1.165) is 24.2 Å². The summed E-state index contributed by atoms with van der Waals surface area (Å²) in [5.41, 5.74) is -0.278. The fraction of sp³-hybridized carbons (Fsp3) is 0.500. The molecule has 20 heavy (non-hydrogen) atoms. The number of hydrogen-bond acceptors (Lipinski definition) is 6. The number of nitrogens with zero attached hydrogens (tertiary/aromatic N) is 1. The SMILES string of the molecule is CC(=O)c1sc(NC(C)C(=O)NC2CC2)nc1C(=O)O. The minimum Gasteiger partial charge on any atom is -0.476 e. The van der Waals surface area contributed by atoms with Crippen LogP contribution in [-0.4, -0.2) is 39.8 Å². The highest BCUT2D eigenvalue weighted by molar-refractivity contribution is 7.17. The largest absolute Gasteiger partial charge is 0.476 e. The first-order valence-corrected chi connectivity index (χ1v) is 7.02. The van der Waals surface area contributed by atoms with Gasteiger partial charge in [0.2, 0.25) is 5.91 Å². The van der Waals surface area contributed by atoms with Crippen LogP contribution >= 0.6 is 11.3 Å². The monoisotopic (exact) mass is 297 g/mol. The molecule has 0 saturated heterocycles. The molecule has 2 rings (SSSR count). The van der Waals surface area contributed by atoms with Gasteiger partial charge in [-0.1, -0.05) is 11.3 Å². The van der Waals surface area contributed by atoms with E-state index in [-0.39, 0.29) is 33.4 Å². The third kappa shape index (κ3) is 3.32. The fourth-order valence-corrected chi connectivity index (χ4v) is 2.51. The van der Waals surface area contributed by atoms with E-state index >= 15 is 0 Å². The van der Waals surface area contributed by atoms with Gasteiger partial charge in [0.25, 0.3) is 0 Å². The summed E-state index contributed by atoms with van der Waals surface area (Å²) < 4.78 is 0. The molecule has 1 aliphatic rings. The van der Waals surface area contributed by atoms with Crippen molar-refractivity contribution in [3.63, 3.8) is 0 Å². The van der Waals surface area contributed by atoms with Crippen molar-refractivity contribution < 1.29 is 19.5 Å². The maximum Gasteiger partial charge on any atom is 0.356 e. The molecule has 1 atom stereocenters. The lowest BCUT2D eigenvalue weighted by Gasteiger charge is -2.12. The van der Waals surface area contributed by atoms with Gasteiger partial charge in [-0.3, -0.25) is 9.59 Å². The minimum absolute atomic E-state index is 0.0785. The lowest BCUT2D eigenvalue weighted by atomic mass is 10.3. The molecular weight excluding hydrogens is 282 g/mol. The molecule has 108 valence electrons. The average Bonchev–Trinajstić information content (AvgIpc) is 3.05. The Morgan fingerprint density at radius 3 is 2.50 bits per heavy atom. The average molecular weight is 297 g/mol. The van der Waals surface area contributed by atoms with Gasteiger partial charge < -0.3 is 15.7 Å². The Balaban J connectivity index is 2.08. The number of aromatic carboxylic acids is 1. The number of rotatable bonds is 6. The summed E-state index contributed by atoms with van der Waals surface area (Å²) in [6.07, 6.45) is 1.99. The summed E-state index contributed by atoms with van der Waals surface area (Å²) in [6.45, 7) is 2.94. The van der Waals surface area contributed by atoms with Crippen molar-refractivity contribution in [2.75, 3.05) is 5.32 Å². The number of anilines is 1. The third-order valence-corrected chi connectivity index (χ3v) is 3.89. The second-order valence-corrected chi connectivity index (χ2v) is 5.71. The fourth-order valence-electron chi connectivity index (χ4n) is 1.57. The molecule has 0 aliphatic heterocycles. The lowest BCUT2D eigenvalue weighted by molar-refractivity contribution is -0.121. The summed E-state index contributed by atoms with van der Waals surface area (Å²) in [6, 6.07) is -0.284. The van der Waals surface area contributed by atoms with E-state index in [9.17, 15) is 14.4 Å². The highest BCUT2D eigenvalue weighted by Gasteiger charge is 2.27. The molecule has 0 bridgehead atoms. The highest BCUT2D eigenvalue weighted by Crippen LogP contribution is 2.24. The van der Waals surface area contributed by atoms with Gasteiger partial charge in [0.1, 0.15) is 10.9 Å². The molecular formula is C12H15N3O4S. The zero-order valence-electron chi connectivity index (χ0n) is 11.1. The van der Waals surface area contributed by atoms with Gasteiger partial charge in [0, 0.05) is 13.0 Å². The van der Waals surface area contributed by atoms with Gasteiger partial charge in [-0.05, 0) is 19.8 Å². The maximum absolute atomic E-state index is 11.8. The third-order valence-electron chi connectivity index (χ3n) is 2.81. The number of hydrogen-bond donors (Lipinski definition) is 3.